The maximum absolute atomic E-state index is 13.4. The number of methoxy groups -OCH3 is 1. The Morgan fingerprint density at radius 2 is 1.92 bits per heavy atom. The predicted octanol–water partition coefficient (Wildman–Crippen LogP) is 4.15. The van der Waals surface area contributed by atoms with E-state index in [1.807, 2.05) is 18.2 Å². The molecule has 2 heterocycles. The first kappa shape index (κ1) is 23.4. The second kappa shape index (κ2) is 9.74. The Balaban J connectivity index is 1.59. The Bertz CT molecular complexity index is 1720. The van der Waals surface area contributed by atoms with Crippen molar-refractivity contribution in [1.29, 1.82) is 0 Å². The molecule has 2 aromatic heterocycles. The molecule has 11 heteroatoms. The van der Waals surface area contributed by atoms with Crippen LogP contribution in [0, 0.1) is 10.1 Å². The van der Waals surface area contributed by atoms with E-state index >= 15 is 0 Å². The molecule has 0 aliphatic heterocycles. The summed E-state index contributed by atoms with van der Waals surface area (Å²) >= 11 is 0. The number of carbonyl (C=O) groups is 1. The molecule has 0 radical (unpaired) electrons. The van der Waals surface area contributed by atoms with E-state index in [1.54, 1.807) is 36.4 Å². The molecule has 0 fully saturated rings. The first-order valence-corrected chi connectivity index (χ1v) is 11.0. The van der Waals surface area contributed by atoms with Gasteiger partial charge in [0.15, 0.2) is 18.1 Å². The van der Waals surface area contributed by atoms with E-state index in [-0.39, 0.29) is 17.3 Å². The number of aromatic nitrogens is 2. The highest BCUT2D eigenvalue weighted by Gasteiger charge is 2.18. The molecular weight excluding hydrogens is 480 g/mol. The molecule has 0 bridgehead atoms. The molecule has 0 amide bonds. The summed E-state index contributed by atoms with van der Waals surface area (Å²) in [4.78, 5) is 40.2. The fourth-order valence-electron chi connectivity index (χ4n) is 3.68. The molecule has 3 aromatic carbocycles. The number of rotatable bonds is 7. The molecule has 184 valence electrons. The van der Waals surface area contributed by atoms with Crippen molar-refractivity contribution < 1.29 is 23.6 Å². The zero-order valence-electron chi connectivity index (χ0n) is 19.4. The van der Waals surface area contributed by atoms with Crippen molar-refractivity contribution >= 4 is 39.7 Å². The van der Waals surface area contributed by atoms with Crippen LogP contribution in [0.15, 0.2) is 87.1 Å². The van der Waals surface area contributed by atoms with Gasteiger partial charge in [0.2, 0.25) is 5.82 Å². The zero-order valence-corrected chi connectivity index (χ0v) is 19.4. The standard InChI is InChI=1S/C26H18N4O7/c1-35-24(31)15-36-22-11-10-16(12-20(22)30(33)34)14-27-29-25(23-13-17-6-2-5-9-21(17)37-23)28-19-8-4-3-7-18(19)26(29)32/h2-14H,15H2,1H3. The van der Waals surface area contributed by atoms with Crippen molar-refractivity contribution in [3.05, 3.63) is 98.8 Å². The molecule has 0 saturated heterocycles. The third-order valence-corrected chi connectivity index (χ3v) is 5.47. The van der Waals surface area contributed by atoms with Gasteiger partial charge in [0.1, 0.15) is 5.58 Å². The molecule has 5 rings (SSSR count). The lowest BCUT2D eigenvalue weighted by Gasteiger charge is -2.08. The van der Waals surface area contributed by atoms with Gasteiger partial charge in [-0.25, -0.2) is 9.78 Å². The van der Waals surface area contributed by atoms with Gasteiger partial charge in [0, 0.05) is 17.0 Å². The summed E-state index contributed by atoms with van der Waals surface area (Å²) in [6.45, 7) is -0.482. The number of furan rings is 1. The molecule has 0 aliphatic carbocycles. The fraction of sp³-hybridized carbons (Fsp3) is 0.0769. The van der Waals surface area contributed by atoms with Gasteiger partial charge in [-0.2, -0.15) is 9.78 Å². The summed E-state index contributed by atoms with van der Waals surface area (Å²) < 4.78 is 16.7. The van der Waals surface area contributed by atoms with Crippen molar-refractivity contribution in [2.45, 2.75) is 0 Å². The molecule has 0 aliphatic rings. The summed E-state index contributed by atoms with van der Waals surface area (Å²) in [5, 5.41) is 17.1. The number of para-hydroxylation sites is 2. The Labute approximate surface area is 208 Å². The second-order valence-electron chi connectivity index (χ2n) is 7.81. The molecule has 0 unspecified atom stereocenters. The van der Waals surface area contributed by atoms with Crippen molar-refractivity contribution in [3.63, 3.8) is 0 Å². The lowest BCUT2D eigenvalue weighted by atomic mass is 10.2. The van der Waals surface area contributed by atoms with Gasteiger partial charge in [-0.05, 0) is 36.4 Å². The summed E-state index contributed by atoms with van der Waals surface area (Å²) in [5.74, 6) is -0.288. The van der Waals surface area contributed by atoms with Gasteiger partial charge >= 0.3 is 11.7 Å². The Hall–Kier alpha value is -5.32. The minimum Gasteiger partial charge on any atom is -0.475 e. The predicted molar refractivity (Wildman–Crippen MR) is 135 cm³/mol. The van der Waals surface area contributed by atoms with E-state index in [0.29, 0.717) is 27.8 Å². The molecule has 37 heavy (non-hydrogen) atoms. The molecule has 0 atom stereocenters. The lowest BCUT2D eigenvalue weighted by Crippen LogP contribution is -2.20. The topological polar surface area (TPSA) is 139 Å². The van der Waals surface area contributed by atoms with Crippen molar-refractivity contribution in [3.8, 4) is 17.3 Å². The summed E-state index contributed by atoms with van der Waals surface area (Å²) in [7, 11) is 1.18. The van der Waals surface area contributed by atoms with Crippen LogP contribution in [0.3, 0.4) is 0 Å². The SMILES string of the molecule is COC(=O)COc1ccc(C=Nn2c(-c3cc4ccccc4o3)nc3ccccc3c2=O)cc1[N+](=O)[O-]. The van der Waals surface area contributed by atoms with E-state index < -0.39 is 23.1 Å². The van der Waals surface area contributed by atoms with Crippen molar-refractivity contribution in [1.82, 2.24) is 9.66 Å². The van der Waals surface area contributed by atoms with Crippen molar-refractivity contribution in [2.75, 3.05) is 13.7 Å². The van der Waals surface area contributed by atoms with Crippen LogP contribution in [-0.2, 0) is 9.53 Å². The third-order valence-electron chi connectivity index (χ3n) is 5.47. The summed E-state index contributed by atoms with van der Waals surface area (Å²) in [5.41, 5.74) is 0.581. The van der Waals surface area contributed by atoms with E-state index in [9.17, 15) is 19.7 Å². The zero-order chi connectivity index (χ0) is 25.9. The number of fused-ring (bicyclic) bond motifs is 2. The smallest absolute Gasteiger partial charge is 0.343 e. The first-order chi connectivity index (χ1) is 17.9. The third kappa shape index (κ3) is 4.65. The quantitative estimate of drug-likeness (QED) is 0.141. The van der Waals surface area contributed by atoms with E-state index in [4.69, 9.17) is 9.15 Å². The molecule has 5 aromatic rings. The number of benzene rings is 3. The highest BCUT2D eigenvalue weighted by Crippen LogP contribution is 2.29. The monoisotopic (exact) mass is 498 g/mol. The van der Waals surface area contributed by atoms with Gasteiger partial charge in [-0.1, -0.05) is 30.3 Å². The van der Waals surface area contributed by atoms with Gasteiger partial charge in [0.25, 0.3) is 5.56 Å². The largest absolute Gasteiger partial charge is 0.475 e. The number of esters is 1. The van der Waals surface area contributed by atoms with Gasteiger partial charge in [0.05, 0.1) is 29.2 Å². The van der Waals surface area contributed by atoms with Crippen LogP contribution in [0.25, 0.3) is 33.5 Å². The number of ether oxygens (including phenoxy) is 2. The average molecular weight is 498 g/mol. The first-order valence-electron chi connectivity index (χ1n) is 11.0. The molecule has 0 saturated carbocycles. The summed E-state index contributed by atoms with van der Waals surface area (Å²) in [6, 6.07) is 20.0. The molecule has 0 spiro atoms. The maximum atomic E-state index is 13.4. The molecular formula is C26H18N4O7. The minimum atomic E-state index is -0.679. The Morgan fingerprint density at radius 3 is 2.70 bits per heavy atom. The van der Waals surface area contributed by atoms with E-state index in [0.717, 1.165) is 10.1 Å². The molecule has 11 nitrogen and oxygen atoms in total. The van der Waals surface area contributed by atoms with Crippen LogP contribution in [0.5, 0.6) is 5.75 Å². The van der Waals surface area contributed by atoms with Crippen LogP contribution in [0.1, 0.15) is 5.56 Å². The van der Waals surface area contributed by atoms with Crippen molar-refractivity contribution in [2.24, 2.45) is 5.10 Å². The van der Waals surface area contributed by atoms with Gasteiger partial charge in [-0.15, -0.1) is 0 Å². The van der Waals surface area contributed by atoms with Crippen LogP contribution in [0.2, 0.25) is 0 Å². The van der Waals surface area contributed by atoms with Crippen LogP contribution < -0.4 is 10.3 Å². The lowest BCUT2D eigenvalue weighted by molar-refractivity contribution is -0.385. The van der Waals surface area contributed by atoms with Crippen LogP contribution in [0.4, 0.5) is 5.69 Å². The number of nitro groups is 1. The van der Waals surface area contributed by atoms with Gasteiger partial charge < -0.3 is 13.9 Å². The van der Waals surface area contributed by atoms with Crippen LogP contribution in [-0.4, -0.2) is 40.5 Å². The Kier molecular flexibility index (Phi) is 6.17. The average Bonchev–Trinajstić information content (AvgIpc) is 3.35. The number of nitrogens with zero attached hydrogens (tertiary/aromatic N) is 4. The molecule has 0 N–H and O–H groups in total. The van der Waals surface area contributed by atoms with Gasteiger partial charge in [-0.3, -0.25) is 14.9 Å². The summed E-state index contributed by atoms with van der Waals surface area (Å²) in [6.07, 6.45) is 1.29. The van der Waals surface area contributed by atoms with Crippen LogP contribution >= 0.6 is 0 Å². The second-order valence-corrected chi connectivity index (χ2v) is 7.81. The number of hydrogen-bond acceptors (Lipinski definition) is 9. The maximum Gasteiger partial charge on any atom is 0.343 e. The normalized spacial score (nSPS) is 11.3. The van der Waals surface area contributed by atoms with E-state index in [2.05, 4.69) is 14.8 Å². The number of hydrogen-bond donors (Lipinski definition) is 0. The Morgan fingerprint density at radius 1 is 1.14 bits per heavy atom. The minimum absolute atomic E-state index is 0.111. The van der Waals surface area contributed by atoms with E-state index in [1.165, 1.54) is 31.5 Å². The number of carbonyl (C=O) groups excluding carboxylic acids is 1. The fourth-order valence-corrected chi connectivity index (χ4v) is 3.68. The highest BCUT2D eigenvalue weighted by atomic mass is 16.6. The highest BCUT2D eigenvalue weighted by molar-refractivity contribution is 5.85. The number of nitro benzene ring substituents is 1.